The molecule has 194 valence electrons. The van der Waals surface area contributed by atoms with Gasteiger partial charge in [-0.25, -0.2) is 33.0 Å². The van der Waals surface area contributed by atoms with Crippen molar-refractivity contribution in [3.05, 3.63) is 18.3 Å². The Kier molecular flexibility index (Phi) is 7.98. The number of fused-ring (bicyclic) bond motifs is 1. The summed E-state index contributed by atoms with van der Waals surface area (Å²) in [5.41, 5.74) is -2.14. The Morgan fingerprint density at radius 1 is 1.20 bits per heavy atom. The summed E-state index contributed by atoms with van der Waals surface area (Å²) in [5, 5.41) is 21.7. The highest BCUT2D eigenvalue weighted by Crippen LogP contribution is 2.66. The molecule has 2 aromatic rings. The molecule has 6 N–H and O–H groups in total. The van der Waals surface area contributed by atoms with Gasteiger partial charge in [-0.2, -0.15) is 8.62 Å². The van der Waals surface area contributed by atoms with Crippen LogP contribution in [-0.4, -0.2) is 80.4 Å². The van der Waals surface area contributed by atoms with Crippen LogP contribution in [0, 0.1) is 18.8 Å². The van der Waals surface area contributed by atoms with Crippen LogP contribution in [0.4, 0.5) is 4.39 Å². The number of phosphoric acid groups is 3. The Balaban J connectivity index is 1.85. The fourth-order valence-corrected chi connectivity index (χ4v) is 6.08. The summed E-state index contributed by atoms with van der Waals surface area (Å²) in [7, 11) is -16.9. The molecule has 1 aliphatic rings. The van der Waals surface area contributed by atoms with Crippen molar-refractivity contribution >= 4 is 34.6 Å². The molecule has 1 aliphatic heterocycles. The van der Waals surface area contributed by atoms with Gasteiger partial charge in [-0.3, -0.25) is 9.09 Å². The lowest BCUT2D eigenvalue weighted by Gasteiger charge is -2.26. The molecular weight excluding hydrogens is 544 g/mol. The molecule has 0 aliphatic carbocycles. The molecule has 3 heterocycles. The van der Waals surface area contributed by atoms with Gasteiger partial charge in [0.1, 0.15) is 30.2 Å². The number of aliphatic hydroxyl groups is 2. The average molecular weight is 562 g/mol. The third kappa shape index (κ3) is 6.56. The van der Waals surface area contributed by atoms with Crippen molar-refractivity contribution < 1.29 is 65.8 Å². The zero-order valence-corrected chi connectivity index (χ0v) is 20.0. The summed E-state index contributed by atoms with van der Waals surface area (Å²) in [4.78, 5) is 48.1. The number of alkyl halides is 1. The van der Waals surface area contributed by atoms with Gasteiger partial charge in [-0.15, -0.1) is 0 Å². The highest BCUT2D eigenvalue weighted by Gasteiger charge is 2.57. The molecule has 17 nitrogen and oxygen atoms in total. The standard InChI is InChI=1S/C14H18FN4O13P3/c1-8-16-5-9-12(18-8)19(7-17-9)13-14(21,3-2-4-15)11(20)10(30-13)6-29-34(25,26)32-35(27,28)31-33(22,23)24/h5,7,10-11,13,20-21H,4,6H2,1H3,(H,25,26)(H,27,28)(H2,22,23,24)/t10-,11+,13-,14?/m1/s1. The molecule has 6 atom stereocenters. The van der Waals surface area contributed by atoms with Gasteiger partial charge in [-0.1, -0.05) is 11.8 Å². The first-order valence-electron chi connectivity index (χ1n) is 9.13. The number of hydrogen-bond acceptors (Lipinski definition) is 12. The molecule has 1 fully saturated rings. The van der Waals surface area contributed by atoms with Gasteiger partial charge in [0.2, 0.25) is 0 Å². The van der Waals surface area contributed by atoms with Gasteiger partial charge in [0.25, 0.3) is 0 Å². The van der Waals surface area contributed by atoms with Gasteiger partial charge < -0.3 is 34.5 Å². The summed E-state index contributed by atoms with van der Waals surface area (Å²) in [5.74, 6) is 4.38. The maximum atomic E-state index is 12.7. The molecule has 21 heteroatoms. The Bertz CT molecular complexity index is 1310. The van der Waals surface area contributed by atoms with Crippen molar-refractivity contribution in [3.63, 3.8) is 0 Å². The Morgan fingerprint density at radius 3 is 2.51 bits per heavy atom. The lowest BCUT2D eigenvalue weighted by atomic mass is 9.94. The molecule has 0 bridgehead atoms. The second kappa shape index (κ2) is 10.0. The molecule has 0 spiro atoms. The van der Waals surface area contributed by atoms with Crippen molar-refractivity contribution in [2.45, 2.75) is 31.0 Å². The number of halogens is 1. The zero-order chi connectivity index (χ0) is 26.2. The third-order valence-electron chi connectivity index (χ3n) is 4.35. The minimum absolute atomic E-state index is 0.128. The second-order valence-corrected chi connectivity index (χ2v) is 11.3. The molecule has 3 unspecified atom stereocenters. The van der Waals surface area contributed by atoms with Crippen LogP contribution in [0.5, 0.6) is 0 Å². The number of hydrogen-bond donors (Lipinski definition) is 6. The summed E-state index contributed by atoms with van der Waals surface area (Å²) in [6.07, 6.45) is -2.78. The van der Waals surface area contributed by atoms with Crippen LogP contribution >= 0.6 is 23.5 Å². The van der Waals surface area contributed by atoms with Crippen LogP contribution in [-0.2, 0) is 31.6 Å². The SMILES string of the molecule is Cc1ncc2ncn([C@@H]3O[C@H](COP(=O)(O)OP(=O)(O)OP(=O)(O)O)[C@H](O)C3(O)C#CCF)c2n1. The van der Waals surface area contributed by atoms with Crippen LogP contribution < -0.4 is 0 Å². The predicted molar refractivity (Wildman–Crippen MR) is 108 cm³/mol. The first kappa shape index (κ1) is 27.9. The van der Waals surface area contributed by atoms with Crippen molar-refractivity contribution in [3.8, 4) is 11.8 Å². The summed E-state index contributed by atoms with van der Waals surface area (Å²) in [6, 6.07) is 0. The number of nitrogens with zero attached hydrogens (tertiary/aromatic N) is 4. The number of rotatable bonds is 8. The van der Waals surface area contributed by atoms with E-state index in [1.165, 1.54) is 6.20 Å². The number of ether oxygens (including phenoxy) is 1. The summed E-state index contributed by atoms with van der Waals surface area (Å²) >= 11 is 0. The molecule has 0 radical (unpaired) electrons. The van der Waals surface area contributed by atoms with Crippen LogP contribution in [0.25, 0.3) is 11.2 Å². The molecular formula is C14H18FN4O13P3. The van der Waals surface area contributed by atoms with E-state index in [2.05, 4.69) is 34.0 Å². The maximum absolute atomic E-state index is 12.7. The fourth-order valence-electron chi connectivity index (χ4n) is 3.05. The van der Waals surface area contributed by atoms with Gasteiger partial charge >= 0.3 is 23.5 Å². The largest absolute Gasteiger partial charge is 0.490 e. The Labute approximate surface area is 195 Å². The monoisotopic (exact) mass is 562 g/mol. The molecule has 3 rings (SSSR count). The molecule has 0 amide bonds. The fraction of sp³-hybridized carbons (Fsp3) is 0.500. The molecule has 0 saturated carbocycles. The normalized spacial score (nSPS) is 28.3. The Hall–Kier alpha value is -1.67. The zero-order valence-electron chi connectivity index (χ0n) is 17.4. The van der Waals surface area contributed by atoms with E-state index in [9.17, 15) is 38.1 Å². The maximum Gasteiger partial charge on any atom is 0.490 e. The topological polar surface area (TPSA) is 253 Å². The van der Waals surface area contributed by atoms with Gasteiger partial charge in [0, 0.05) is 0 Å². The first-order chi connectivity index (χ1) is 16.1. The molecule has 35 heavy (non-hydrogen) atoms. The van der Waals surface area contributed by atoms with Crippen LogP contribution in [0.15, 0.2) is 12.5 Å². The number of aliphatic hydroxyl groups excluding tert-OH is 1. The first-order valence-corrected chi connectivity index (χ1v) is 13.7. The van der Waals surface area contributed by atoms with Crippen molar-refractivity contribution in [2.24, 2.45) is 0 Å². The number of aryl methyl sites for hydroxylation is 1. The number of imidazole rings is 1. The van der Waals surface area contributed by atoms with Crippen molar-refractivity contribution in [2.75, 3.05) is 13.3 Å². The average Bonchev–Trinajstić information content (AvgIpc) is 3.21. The number of aromatic nitrogens is 4. The van der Waals surface area contributed by atoms with E-state index in [0.717, 1.165) is 10.9 Å². The minimum Gasteiger partial charge on any atom is -0.386 e. The van der Waals surface area contributed by atoms with E-state index in [1.807, 2.05) is 5.92 Å². The smallest absolute Gasteiger partial charge is 0.386 e. The predicted octanol–water partition coefficient (Wildman–Crippen LogP) is -0.560. The molecule has 0 aromatic carbocycles. The number of phosphoric ester groups is 1. The second-order valence-electron chi connectivity index (χ2n) is 6.90. The van der Waals surface area contributed by atoms with Crippen LogP contribution in [0.2, 0.25) is 0 Å². The lowest BCUT2D eigenvalue weighted by Crippen LogP contribution is -2.46. The van der Waals surface area contributed by atoms with E-state index < -0.39 is 60.8 Å². The van der Waals surface area contributed by atoms with Gasteiger partial charge in [0.05, 0.1) is 19.1 Å². The van der Waals surface area contributed by atoms with Gasteiger partial charge in [-0.05, 0) is 6.92 Å². The summed E-state index contributed by atoms with van der Waals surface area (Å²) in [6.45, 7) is -0.747. The van der Waals surface area contributed by atoms with Crippen molar-refractivity contribution in [1.29, 1.82) is 0 Å². The molecule has 1 saturated heterocycles. The summed E-state index contributed by atoms with van der Waals surface area (Å²) < 4.78 is 65.1. The van der Waals surface area contributed by atoms with E-state index in [0.29, 0.717) is 5.82 Å². The van der Waals surface area contributed by atoms with Gasteiger partial charge in [0.15, 0.2) is 17.5 Å². The van der Waals surface area contributed by atoms with Crippen molar-refractivity contribution in [1.82, 2.24) is 19.5 Å². The van der Waals surface area contributed by atoms with E-state index >= 15 is 0 Å². The van der Waals surface area contributed by atoms with E-state index in [4.69, 9.17) is 14.5 Å². The Morgan fingerprint density at radius 2 is 1.89 bits per heavy atom. The van der Waals surface area contributed by atoms with Crippen LogP contribution in [0.3, 0.4) is 0 Å². The minimum atomic E-state index is -5.78. The quantitative estimate of drug-likeness (QED) is 0.174. The molecule has 2 aromatic heterocycles. The third-order valence-corrected chi connectivity index (χ3v) is 8.15. The highest BCUT2D eigenvalue weighted by molar-refractivity contribution is 7.66. The van der Waals surface area contributed by atoms with E-state index in [1.54, 1.807) is 6.92 Å². The lowest BCUT2D eigenvalue weighted by molar-refractivity contribution is -0.0719. The van der Waals surface area contributed by atoms with E-state index in [-0.39, 0.29) is 11.2 Å². The highest BCUT2D eigenvalue weighted by atomic mass is 31.3. The van der Waals surface area contributed by atoms with Crippen LogP contribution in [0.1, 0.15) is 12.1 Å².